The van der Waals surface area contributed by atoms with E-state index >= 15 is 0 Å². The van der Waals surface area contributed by atoms with Gasteiger partial charge in [0.15, 0.2) is 0 Å². The molecule has 1 N–H and O–H groups in total. The van der Waals surface area contributed by atoms with Gasteiger partial charge >= 0.3 is 7.12 Å². The average Bonchev–Trinajstić information content (AvgIpc) is 2.36. The lowest BCUT2D eigenvalue weighted by Gasteiger charge is -2.32. The summed E-state index contributed by atoms with van der Waals surface area (Å²) in [5.74, 6) is 0. The third-order valence-electron chi connectivity index (χ3n) is 3.26. The van der Waals surface area contributed by atoms with E-state index in [1.165, 1.54) is 6.20 Å². The topological polar surface area (TPSA) is 64.2 Å². The third-order valence-corrected chi connectivity index (χ3v) is 3.26. The van der Waals surface area contributed by atoms with Gasteiger partial charge in [0.2, 0.25) is 0 Å². The van der Waals surface area contributed by atoms with Crippen LogP contribution in [0.2, 0.25) is 0 Å². The lowest BCUT2D eigenvalue weighted by atomic mass is 9.80. The van der Waals surface area contributed by atoms with E-state index in [1.54, 1.807) is 6.07 Å². The maximum Gasteiger partial charge on any atom is 0.500 e. The van der Waals surface area contributed by atoms with E-state index < -0.39 is 18.3 Å². The van der Waals surface area contributed by atoms with Crippen molar-refractivity contribution in [1.82, 2.24) is 10.2 Å². The Morgan fingerprint density at radius 3 is 2.31 bits per heavy atom. The zero-order valence-electron chi connectivity index (χ0n) is 9.90. The minimum Gasteiger partial charge on any atom is -0.399 e. The summed E-state index contributed by atoms with van der Waals surface area (Å²) in [6, 6.07) is 1.61. The lowest BCUT2D eigenvalue weighted by Crippen LogP contribution is -2.44. The molecule has 0 aliphatic carbocycles. The van der Waals surface area contributed by atoms with Crippen LogP contribution in [-0.2, 0) is 9.31 Å². The largest absolute Gasteiger partial charge is 0.500 e. The summed E-state index contributed by atoms with van der Waals surface area (Å²) in [4.78, 5) is 11.6. The summed E-state index contributed by atoms with van der Waals surface area (Å²) in [5, 5.41) is 6.01. The number of nitrogens with zero attached hydrogens (tertiary/aromatic N) is 1. The molecule has 5 nitrogen and oxygen atoms in total. The van der Waals surface area contributed by atoms with E-state index in [0.29, 0.717) is 5.46 Å². The summed E-state index contributed by atoms with van der Waals surface area (Å²) in [7, 11) is -0.628. The fraction of sp³-hybridized carbons (Fsp3) is 0.600. The van der Waals surface area contributed by atoms with Gasteiger partial charge < -0.3 is 9.31 Å². The second-order valence-corrected chi connectivity index (χ2v) is 4.93. The van der Waals surface area contributed by atoms with Gasteiger partial charge in [-0.25, -0.2) is 5.10 Å². The Hall–Kier alpha value is -1.14. The number of rotatable bonds is 1. The number of aromatic nitrogens is 2. The van der Waals surface area contributed by atoms with E-state index in [0.717, 1.165) is 0 Å². The van der Waals surface area contributed by atoms with Crippen LogP contribution in [0, 0.1) is 0 Å². The van der Waals surface area contributed by atoms with Crippen molar-refractivity contribution >= 4 is 12.6 Å². The molecule has 0 atom stereocenters. The monoisotopic (exact) mass is 222 g/mol. The molecule has 2 rings (SSSR count). The van der Waals surface area contributed by atoms with Gasteiger partial charge in [-0.3, -0.25) is 4.79 Å². The van der Waals surface area contributed by atoms with Crippen molar-refractivity contribution in [1.29, 1.82) is 0 Å². The molecule has 1 fully saturated rings. The minimum atomic E-state index is -0.628. The van der Waals surface area contributed by atoms with Crippen LogP contribution in [0.15, 0.2) is 17.1 Å². The van der Waals surface area contributed by atoms with Crippen LogP contribution in [0.25, 0.3) is 0 Å². The molecule has 0 radical (unpaired) electrons. The zero-order valence-corrected chi connectivity index (χ0v) is 9.90. The summed E-state index contributed by atoms with van der Waals surface area (Å²) in [6.07, 6.45) is 1.52. The maximum atomic E-state index is 11.6. The fourth-order valence-corrected chi connectivity index (χ4v) is 1.51. The smallest absolute Gasteiger partial charge is 0.399 e. The van der Waals surface area contributed by atoms with Gasteiger partial charge in [-0.15, -0.1) is 0 Å². The molecular formula is C10H15BN2O3. The van der Waals surface area contributed by atoms with E-state index in [2.05, 4.69) is 10.2 Å². The second kappa shape index (κ2) is 3.43. The molecule has 2 heterocycles. The molecule has 1 aliphatic rings. The Balaban J connectivity index is 2.35. The van der Waals surface area contributed by atoms with Crippen molar-refractivity contribution in [3.8, 4) is 0 Å². The van der Waals surface area contributed by atoms with Gasteiger partial charge in [0.25, 0.3) is 5.56 Å². The summed E-state index contributed by atoms with van der Waals surface area (Å²) in [6.45, 7) is 7.79. The van der Waals surface area contributed by atoms with Gasteiger partial charge in [-0.1, -0.05) is 0 Å². The number of hydrogen-bond donors (Lipinski definition) is 1. The molecule has 6 heteroatoms. The highest BCUT2D eigenvalue weighted by Crippen LogP contribution is 2.36. The molecule has 1 saturated heterocycles. The molecule has 1 aliphatic heterocycles. The number of H-pyrrole nitrogens is 1. The first-order valence-corrected chi connectivity index (χ1v) is 5.23. The van der Waals surface area contributed by atoms with E-state index in [-0.39, 0.29) is 5.56 Å². The van der Waals surface area contributed by atoms with E-state index in [9.17, 15) is 4.79 Å². The SMILES string of the molecule is CC1(C)OB(c2ccn[nH]c2=O)OC1(C)C. The van der Waals surface area contributed by atoms with Gasteiger partial charge in [0.1, 0.15) is 0 Å². The van der Waals surface area contributed by atoms with Crippen LogP contribution in [-0.4, -0.2) is 28.5 Å². The first-order chi connectivity index (χ1) is 7.33. The van der Waals surface area contributed by atoms with Crippen LogP contribution in [0.5, 0.6) is 0 Å². The Morgan fingerprint density at radius 2 is 1.81 bits per heavy atom. The molecule has 86 valence electrons. The molecule has 0 spiro atoms. The van der Waals surface area contributed by atoms with E-state index in [4.69, 9.17) is 9.31 Å². The lowest BCUT2D eigenvalue weighted by molar-refractivity contribution is 0.00578. The Labute approximate surface area is 94.3 Å². The predicted octanol–water partition coefficient (Wildman–Crippen LogP) is 0.0691. The van der Waals surface area contributed by atoms with Crippen LogP contribution in [0.1, 0.15) is 27.7 Å². The van der Waals surface area contributed by atoms with Crippen molar-refractivity contribution in [3.05, 3.63) is 22.6 Å². The molecule has 16 heavy (non-hydrogen) atoms. The first kappa shape index (κ1) is 11.4. The molecule has 0 unspecified atom stereocenters. The van der Waals surface area contributed by atoms with Crippen molar-refractivity contribution in [2.24, 2.45) is 0 Å². The Kier molecular flexibility index (Phi) is 2.43. The Morgan fingerprint density at radius 1 is 1.25 bits per heavy atom. The molecule has 0 bridgehead atoms. The van der Waals surface area contributed by atoms with Crippen molar-refractivity contribution < 1.29 is 9.31 Å². The van der Waals surface area contributed by atoms with Crippen LogP contribution < -0.4 is 11.0 Å². The highest BCUT2D eigenvalue weighted by molar-refractivity contribution is 6.61. The van der Waals surface area contributed by atoms with Crippen molar-refractivity contribution in [3.63, 3.8) is 0 Å². The standard InChI is InChI=1S/C10H15BN2O3/c1-9(2)10(3,4)16-11(15-9)7-5-6-12-13-8(7)14/h5-6H,1-4H3,(H,13,14). The molecule has 0 saturated carbocycles. The summed E-state index contributed by atoms with van der Waals surface area (Å²) < 4.78 is 11.5. The third kappa shape index (κ3) is 1.68. The number of aromatic amines is 1. The number of nitrogens with one attached hydrogen (secondary N) is 1. The normalized spacial score (nSPS) is 22.4. The van der Waals surface area contributed by atoms with Crippen molar-refractivity contribution in [2.75, 3.05) is 0 Å². The van der Waals surface area contributed by atoms with Crippen LogP contribution in [0.3, 0.4) is 0 Å². The molecule has 0 aromatic carbocycles. The van der Waals surface area contributed by atoms with Crippen LogP contribution >= 0.6 is 0 Å². The zero-order chi connectivity index (χ0) is 12.0. The van der Waals surface area contributed by atoms with Crippen LogP contribution in [0.4, 0.5) is 0 Å². The average molecular weight is 222 g/mol. The van der Waals surface area contributed by atoms with E-state index in [1.807, 2.05) is 27.7 Å². The molecular weight excluding hydrogens is 207 g/mol. The highest BCUT2D eigenvalue weighted by Gasteiger charge is 2.52. The predicted molar refractivity (Wildman–Crippen MR) is 60.6 cm³/mol. The van der Waals surface area contributed by atoms with Gasteiger partial charge in [-0.05, 0) is 33.8 Å². The minimum absolute atomic E-state index is 0.277. The summed E-state index contributed by atoms with van der Waals surface area (Å²) >= 11 is 0. The molecule has 1 aromatic heterocycles. The first-order valence-electron chi connectivity index (χ1n) is 5.23. The second-order valence-electron chi connectivity index (χ2n) is 4.93. The highest BCUT2D eigenvalue weighted by atomic mass is 16.7. The fourth-order valence-electron chi connectivity index (χ4n) is 1.51. The summed E-state index contributed by atoms with van der Waals surface area (Å²) in [5.41, 5.74) is -0.699. The molecule has 1 aromatic rings. The molecule has 0 amide bonds. The van der Waals surface area contributed by atoms with Gasteiger partial charge in [0.05, 0.1) is 16.7 Å². The quantitative estimate of drug-likeness (QED) is 0.683. The van der Waals surface area contributed by atoms with Gasteiger partial charge in [0, 0.05) is 6.20 Å². The maximum absolute atomic E-state index is 11.6. The van der Waals surface area contributed by atoms with Gasteiger partial charge in [-0.2, -0.15) is 5.10 Å². The Bertz CT molecular complexity index is 439. The number of hydrogen-bond acceptors (Lipinski definition) is 4. The van der Waals surface area contributed by atoms with Crippen molar-refractivity contribution in [2.45, 2.75) is 38.9 Å².